The molecule has 1 amide bonds. The first-order valence-electron chi connectivity index (χ1n) is 7.87. The van der Waals surface area contributed by atoms with Crippen LogP contribution >= 0.6 is 0 Å². The first-order chi connectivity index (χ1) is 10.6. The number of ether oxygens (including phenoxy) is 1. The first-order valence-corrected chi connectivity index (χ1v) is 7.87. The van der Waals surface area contributed by atoms with Gasteiger partial charge >= 0.3 is 5.97 Å². The van der Waals surface area contributed by atoms with Crippen LogP contribution in [0.25, 0.3) is 0 Å². The lowest BCUT2D eigenvalue weighted by atomic mass is 9.85. The summed E-state index contributed by atoms with van der Waals surface area (Å²) in [6.45, 7) is 9.76. The molecule has 0 radical (unpaired) electrons. The summed E-state index contributed by atoms with van der Waals surface area (Å²) in [6.07, 6.45) is 0.0869. The highest BCUT2D eigenvalue weighted by Crippen LogP contribution is 2.21. The lowest BCUT2D eigenvalue weighted by molar-refractivity contribution is -0.139. The molecule has 1 aromatic rings. The van der Waals surface area contributed by atoms with Crippen molar-refractivity contribution in [3.05, 3.63) is 29.3 Å². The Kier molecular flexibility index (Phi) is 6.61. The molecule has 128 valence electrons. The van der Waals surface area contributed by atoms with E-state index in [2.05, 4.69) is 5.32 Å². The smallest absolute Gasteiger partial charge is 0.305 e. The lowest BCUT2D eigenvalue weighted by Gasteiger charge is -2.33. The molecule has 0 saturated heterocycles. The number of carboxylic acids is 1. The van der Waals surface area contributed by atoms with Crippen molar-refractivity contribution in [1.29, 1.82) is 0 Å². The normalized spacial score (nSPS) is 13.5. The van der Waals surface area contributed by atoms with Gasteiger partial charge < -0.3 is 15.2 Å². The minimum absolute atomic E-state index is 0.0162. The zero-order valence-corrected chi connectivity index (χ0v) is 14.6. The Morgan fingerprint density at radius 3 is 2.52 bits per heavy atom. The number of hydrogen-bond donors (Lipinski definition) is 2. The van der Waals surface area contributed by atoms with Gasteiger partial charge in [0, 0.05) is 5.54 Å². The van der Waals surface area contributed by atoms with Crippen LogP contribution in [-0.4, -0.2) is 29.1 Å². The second-order valence-electron chi connectivity index (χ2n) is 6.56. The van der Waals surface area contributed by atoms with Gasteiger partial charge in [-0.05, 0) is 43.9 Å². The zero-order valence-electron chi connectivity index (χ0n) is 14.6. The molecule has 1 rings (SSSR count). The van der Waals surface area contributed by atoms with Gasteiger partial charge in [-0.15, -0.1) is 0 Å². The molecule has 5 nitrogen and oxygen atoms in total. The van der Waals surface area contributed by atoms with Crippen molar-refractivity contribution in [1.82, 2.24) is 5.32 Å². The largest absolute Gasteiger partial charge is 0.493 e. The predicted octanol–water partition coefficient (Wildman–Crippen LogP) is 3.08. The summed E-state index contributed by atoms with van der Waals surface area (Å²) >= 11 is 0. The number of carbonyl (C=O) groups excluding carboxylic acids is 1. The molecule has 0 saturated carbocycles. The highest BCUT2D eigenvalue weighted by atomic mass is 16.5. The minimum atomic E-state index is -0.923. The van der Waals surface area contributed by atoms with Gasteiger partial charge in [0.25, 0.3) is 0 Å². The minimum Gasteiger partial charge on any atom is -0.493 e. The van der Waals surface area contributed by atoms with Gasteiger partial charge in [-0.1, -0.05) is 26.0 Å². The van der Waals surface area contributed by atoms with Crippen molar-refractivity contribution in [3.63, 3.8) is 0 Å². The number of aryl methyl sites for hydroxylation is 2. The lowest BCUT2D eigenvalue weighted by Crippen LogP contribution is -2.51. The Hall–Kier alpha value is -2.04. The number of carboxylic acid groups (broad SMARTS) is 1. The Balaban J connectivity index is 2.56. The van der Waals surface area contributed by atoms with Gasteiger partial charge in [-0.2, -0.15) is 0 Å². The van der Waals surface area contributed by atoms with E-state index < -0.39 is 11.5 Å². The summed E-state index contributed by atoms with van der Waals surface area (Å²) < 4.78 is 5.67. The summed E-state index contributed by atoms with van der Waals surface area (Å²) in [6, 6.07) is 5.93. The monoisotopic (exact) mass is 321 g/mol. The molecule has 0 aliphatic rings. The third-order valence-corrected chi connectivity index (χ3v) is 4.15. The second-order valence-corrected chi connectivity index (χ2v) is 6.56. The molecule has 1 aromatic carbocycles. The predicted molar refractivity (Wildman–Crippen MR) is 89.7 cm³/mol. The van der Waals surface area contributed by atoms with Gasteiger partial charge in [-0.25, -0.2) is 0 Å². The van der Waals surface area contributed by atoms with Crippen molar-refractivity contribution in [2.45, 2.75) is 53.0 Å². The molecular weight excluding hydrogens is 294 g/mol. The molecule has 5 heteroatoms. The highest BCUT2D eigenvalue weighted by Gasteiger charge is 2.32. The molecule has 0 fully saturated rings. The summed E-state index contributed by atoms with van der Waals surface area (Å²) in [4.78, 5) is 23.1. The summed E-state index contributed by atoms with van der Waals surface area (Å²) in [5.74, 6) is -0.335. The van der Waals surface area contributed by atoms with Crippen molar-refractivity contribution in [3.8, 4) is 5.75 Å². The topological polar surface area (TPSA) is 75.6 Å². The zero-order chi connectivity index (χ0) is 17.6. The van der Waals surface area contributed by atoms with E-state index in [1.807, 2.05) is 45.9 Å². The molecular formula is C18H27NO4. The van der Waals surface area contributed by atoms with Gasteiger partial charge in [0.05, 0.1) is 19.4 Å². The van der Waals surface area contributed by atoms with Crippen LogP contribution in [0, 0.1) is 19.8 Å². The molecule has 0 heterocycles. The molecule has 0 aliphatic carbocycles. The van der Waals surface area contributed by atoms with Crippen LogP contribution in [0.1, 0.15) is 44.7 Å². The molecule has 0 bridgehead atoms. The van der Waals surface area contributed by atoms with Crippen molar-refractivity contribution >= 4 is 11.9 Å². The van der Waals surface area contributed by atoms with E-state index in [-0.39, 0.29) is 31.3 Å². The second kappa shape index (κ2) is 7.99. The van der Waals surface area contributed by atoms with Crippen LogP contribution in [0.3, 0.4) is 0 Å². The van der Waals surface area contributed by atoms with Crippen LogP contribution in [0.4, 0.5) is 0 Å². The van der Waals surface area contributed by atoms with E-state index in [1.165, 1.54) is 0 Å². The summed E-state index contributed by atoms with van der Waals surface area (Å²) in [5.41, 5.74) is 1.36. The molecule has 2 N–H and O–H groups in total. The van der Waals surface area contributed by atoms with Crippen LogP contribution in [0.2, 0.25) is 0 Å². The van der Waals surface area contributed by atoms with E-state index >= 15 is 0 Å². The van der Waals surface area contributed by atoms with E-state index in [0.29, 0.717) is 0 Å². The number of amides is 1. The maximum absolute atomic E-state index is 12.1. The van der Waals surface area contributed by atoms with E-state index in [4.69, 9.17) is 9.84 Å². The van der Waals surface area contributed by atoms with Gasteiger partial charge in [-0.3, -0.25) is 9.59 Å². The number of hydrogen-bond acceptors (Lipinski definition) is 3. The summed E-state index contributed by atoms with van der Waals surface area (Å²) in [7, 11) is 0. The highest BCUT2D eigenvalue weighted by molar-refractivity contribution is 5.78. The van der Waals surface area contributed by atoms with Crippen LogP contribution in [-0.2, 0) is 9.59 Å². The quantitative estimate of drug-likeness (QED) is 0.771. The number of nitrogens with one attached hydrogen (secondary N) is 1. The van der Waals surface area contributed by atoms with Crippen LogP contribution in [0.5, 0.6) is 5.75 Å². The van der Waals surface area contributed by atoms with Crippen molar-refractivity contribution in [2.75, 3.05) is 6.61 Å². The maximum Gasteiger partial charge on any atom is 0.305 e. The molecule has 0 aliphatic heterocycles. The van der Waals surface area contributed by atoms with E-state index in [0.717, 1.165) is 16.9 Å². The van der Waals surface area contributed by atoms with Crippen molar-refractivity contribution < 1.29 is 19.4 Å². The Morgan fingerprint density at radius 2 is 1.96 bits per heavy atom. The molecule has 23 heavy (non-hydrogen) atoms. The maximum atomic E-state index is 12.1. The molecule has 0 spiro atoms. The fourth-order valence-corrected chi connectivity index (χ4v) is 2.20. The SMILES string of the molecule is Cc1ccc(C)c(OCCC(=O)NC(C)(CC(=O)O)C(C)C)c1. The average Bonchev–Trinajstić information content (AvgIpc) is 2.41. The van der Waals surface area contributed by atoms with Gasteiger partial charge in [0.2, 0.25) is 5.91 Å². The number of aliphatic carboxylic acids is 1. The standard InChI is InChI=1S/C18H27NO4/c1-12(2)18(5,11-17(21)22)19-16(20)8-9-23-15-10-13(3)6-7-14(15)4/h6-7,10,12H,8-9,11H2,1-5H3,(H,19,20)(H,21,22). The summed E-state index contributed by atoms with van der Waals surface area (Å²) in [5, 5.41) is 11.9. The fraction of sp³-hybridized carbons (Fsp3) is 0.556. The van der Waals surface area contributed by atoms with Crippen LogP contribution in [0.15, 0.2) is 18.2 Å². The number of rotatable bonds is 8. The van der Waals surface area contributed by atoms with Gasteiger partial charge in [0.1, 0.15) is 5.75 Å². The third-order valence-electron chi connectivity index (χ3n) is 4.15. The Bertz CT molecular complexity index is 568. The Labute approximate surface area is 138 Å². The molecule has 0 aromatic heterocycles. The van der Waals surface area contributed by atoms with Gasteiger partial charge in [0.15, 0.2) is 0 Å². The Morgan fingerprint density at radius 1 is 1.30 bits per heavy atom. The first kappa shape index (κ1) is 19.0. The molecule has 1 unspecified atom stereocenters. The van der Waals surface area contributed by atoms with E-state index in [9.17, 15) is 9.59 Å². The average molecular weight is 321 g/mol. The van der Waals surface area contributed by atoms with E-state index in [1.54, 1.807) is 6.92 Å². The van der Waals surface area contributed by atoms with Crippen LogP contribution < -0.4 is 10.1 Å². The van der Waals surface area contributed by atoms with Crippen molar-refractivity contribution in [2.24, 2.45) is 5.92 Å². The number of benzene rings is 1. The number of carbonyl (C=O) groups is 2. The third kappa shape index (κ3) is 5.93. The fourth-order valence-electron chi connectivity index (χ4n) is 2.20. The molecule has 1 atom stereocenters.